The van der Waals surface area contributed by atoms with Crippen LogP contribution in [0.15, 0.2) is 24.3 Å². The molecule has 3 N–H and O–H groups in total. The van der Waals surface area contributed by atoms with E-state index < -0.39 is 12.0 Å². The van der Waals surface area contributed by atoms with Crippen molar-refractivity contribution < 1.29 is 14.3 Å². The van der Waals surface area contributed by atoms with E-state index in [1.54, 1.807) is 6.92 Å². The van der Waals surface area contributed by atoms with Gasteiger partial charge >= 0.3 is 0 Å². The molecule has 1 aromatic heterocycles. The first-order chi connectivity index (χ1) is 12.0. The van der Waals surface area contributed by atoms with Crippen LogP contribution in [-0.4, -0.2) is 17.9 Å². The molecule has 2 amide bonds. The molecule has 5 nitrogen and oxygen atoms in total. The van der Waals surface area contributed by atoms with Crippen molar-refractivity contribution >= 4 is 28.2 Å². The number of thiophene rings is 1. The van der Waals surface area contributed by atoms with Gasteiger partial charge in [0.25, 0.3) is 11.8 Å². The molecule has 0 fully saturated rings. The first-order valence-corrected chi connectivity index (χ1v) is 9.26. The van der Waals surface area contributed by atoms with Crippen molar-refractivity contribution in [1.29, 1.82) is 0 Å². The molecule has 0 unspecified atom stereocenters. The molecule has 0 bridgehead atoms. The van der Waals surface area contributed by atoms with Crippen molar-refractivity contribution in [3.05, 3.63) is 45.8 Å². The number of fused-ring (bicyclic) bond motifs is 1. The van der Waals surface area contributed by atoms with Crippen molar-refractivity contribution in [3.8, 4) is 5.75 Å². The highest BCUT2D eigenvalue weighted by Gasteiger charge is 2.26. The summed E-state index contributed by atoms with van der Waals surface area (Å²) in [6, 6.07) is 7.55. The third-order valence-corrected chi connectivity index (χ3v) is 5.63. The Morgan fingerprint density at radius 3 is 2.68 bits per heavy atom. The molecule has 0 radical (unpaired) electrons. The van der Waals surface area contributed by atoms with Crippen LogP contribution in [0.3, 0.4) is 0 Å². The van der Waals surface area contributed by atoms with Crippen LogP contribution in [0.2, 0.25) is 0 Å². The standard InChI is InChI=1S/C19H22N2O3S/c1-11-7-3-5-9-14(11)24-12(2)18(23)21-19-16(17(20)22)13-8-4-6-10-15(13)25-19/h3,5,7,9,12H,4,6,8,10H2,1-2H3,(H2,20,22)(H,21,23)/t12-/m0/s1. The van der Waals surface area contributed by atoms with Crippen molar-refractivity contribution in [2.75, 3.05) is 5.32 Å². The second kappa shape index (κ2) is 7.27. The van der Waals surface area contributed by atoms with Gasteiger partial charge in [0.05, 0.1) is 5.56 Å². The van der Waals surface area contributed by atoms with Crippen LogP contribution in [0.25, 0.3) is 0 Å². The Labute approximate surface area is 151 Å². The monoisotopic (exact) mass is 358 g/mol. The predicted octanol–water partition coefficient (Wildman–Crippen LogP) is 3.44. The van der Waals surface area contributed by atoms with Crippen molar-refractivity contribution in [2.24, 2.45) is 5.73 Å². The smallest absolute Gasteiger partial charge is 0.265 e. The molecule has 1 aromatic carbocycles. The van der Waals surface area contributed by atoms with Gasteiger partial charge in [0.15, 0.2) is 6.10 Å². The van der Waals surface area contributed by atoms with E-state index in [1.165, 1.54) is 11.3 Å². The zero-order valence-electron chi connectivity index (χ0n) is 14.4. The second-order valence-electron chi connectivity index (χ2n) is 6.29. The van der Waals surface area contributed by atoms with Crippen molar-refractivity contribution in [1.82, 2.24) is 0 Å². The fourth-order valence-electron chi connectivity index (χ4n) is 3.06. The molecule has 25 heavy (non-hydrogen) atoms. The number of rotatable bonds is 5. The molecule has 1 aliphatic rings. The maximum Gasteiger partial charge on any atom is 0.265 e. The number of para-hydroxylation sites is 1. The molecule has 1 atom stereocenters. The first kappa shape index (κ1) is 17.5. The van der Waals surface area contributed by atoms with Gasteiger partial charge in [-0.05, 0) is 56.7 Å². The zero-order chi connectivity index (χ0) is 18.0. The number of aryl methyl sites for hydroxylation is 2. The maximum atomic E-state index is 12.5. The molecular formula is C19H22N2O3S. The highest BCUT2D eigenvalue weighted by Crippen LogP contribution is 2.38. The van der Waals surface area contributed by atoms with E-state index in [0.29, 0.717) is 16.3 Å². The Bertz CT molecular complexity index is 813. The molecule has 132 valence electrons. The summed E-state index contributed by atoms with van der Waals surface area (Å²) < 4.78 is 5.76. The molecule has 1 aliphatic carbocycles. The van der Waals surface area contributed by atoms with Gasteiger partial charge in [-0.15, -0.1) is 11.3 Å². The number of hydrogen-bond donors (Lipinski definition) is 2. The van der Waals surface area contributed by atoms with E-state index in [1.807, 2.05) is 31.2 Å². The molecule has 1 heterocycles. The highest BCUT2D eigenvalue weighted by molar-refractivity contribution is 7.17. The molecule has 3 rings (SSSR count). The minimum Gasteiger partial charge on any atom is -0.481 e. The lowest BCUT2D eigenvalue weighted by Gasteiger charge is -2.16. The van der Waals surface area contributed by atoms with Crippen molar-refractivity contribution in [2.45, 2.75) is 45.6 Å². The predicted molar refractivity (Wildman–Crippen MR) is 99.4 cm³/mol. The lowest BCUT2D eigenvalue weighted by Crippen LogP contribution is -2.31. The van der Waals surface area contributed by atoms with E-state index in [9.17, 15) is 9.59 Å². The van der Waals surface area contributed by atoms with Crippen LogP contribution < -0.4 is 15.8 Å². The number of primary amides is 1. The number of nitrogens with two attached hydrogens (primary N) is 1. The topological polar surface area (TPSA) is 81.4 Å². The number of carbonyl (C=O) groups excluding carboxylic acids is 2. The summed E-state index contributed by atoms with van der Waals surface area (Å²) in [7, 11) is 0. The number of anilines is 1. The molecule has 0 saturated heterocycles. The summed E-state index contributed by atoms with van der Waals surface area (Å²) in [4.78, 5) is 25.6. The second-order valence-corrected chi connectivity index (χ2v) is 7.40. The first-order valence-electron chi connectivity index (χ1n) is 8.45. The summed E-state index contributed by atoms with van der Waals surface area (Å²) >= 11 is 1.46. The average Bonchev–Trinajstić information content (AvgIpc) is 2.94. The Morgan fingerprint density at radius 2 is 1.96 bits per heavy atom. The number of benzene rings is 1. The number of ether oxygens (including phenoxy) is 1. The molecule has 2 aromatic rings. The van der Waals surface area contributed by atoms with Gasteiger partial charge in [0.2, 0.25) is 0 Å². The van der Waals surface area contributed by atoms with Crippen LogP contribution >= 0.6 is 11.3 Å². The third kappa shape index (κ3) is 3.69. The number of carbonyl (C=O) groups is 2. The molecule has 0 saturated carbocycles. The fraction of sp³-hybridized carbons (Fsp3) is 0.368. The Morgan fingerprint density at radius 1 is 1.24 bits per heavy atom. The highest BCUT2D eigenvalue weighted by atomic mass is 32.1. The normalized spacial score (nSPS) is 14.5. The van der Waals surface area contributed by atoms with Crippen LogP contribution in [0.4, 0.5) is 5.00 Å². The van der Waals surface area contributed by atoms with E-state index >= 15 is 0 Å². The fourth-order valence-corrected chi connectivity index (χ4v) is 4.36. The van der Waals surface area contributed by atoms with Gasteiger partial charge in [0, 0.05) is 4.88 Å². The van der Waals surface area contributed by atoms with Gasteiger partial charge in [-0.1, -0.05) is 18.2 Å². The van der Waals surface area contributed by atoms with Gasteiger partial charge in [-0.3, -0.25) is 9.59 Å². The number of nitrogens with one attached hydrogen (secondary N) is 1. The van der Waals surface area contributed by atoms with Gasteiger partial charge in [-0.25, -0.2) is 0 Å². The minimum absolute atomic E-state index is 0.288. The molecule has 0 aliphatic heterocycles. The summed E-state index contributed by atoms with van der Waals surface area (Å²) in [5.41, 5.74) is 8.00. The largest absolute Gasteiger partial charge is 0.481 e. The van der Waals surface area contributed by atoms with E-state index in [4.69, 9.17) is 10.5 Å². The molecular weight excluding hydrogens is 336 g/mol. The minimum atomic E-state index is -0.680. The van der Waals surface area contributed by atoms with Crippen LogP contribution in [0.5, 0.6) is 5.75 Å². The zero-order valence-corrected chi connectivity index (χ0v) is 15.2. The Balaban J connectivity index is 1.77. The summed E-state index contributed by atoms with van der Waals surface area (Å²) in [5.74, 6) is -0.0997. The van der Waals surface area contributed by atoms with Crippen LogP contribution in [0, 0.1) is 6.92 Å². The number of hydrogen-bond acceptors (Lipinski definition) is 4. The summed E-state index contributed by atoms with van der Waals surface area (Å²) in [5, 5.41) is 3.39. The lowest BCUT2D eigenvalue weighted by atomic mass is 9.95. The van der Waals surface area contributed by atoms with Gasteiger partial charge in [0.1, 0.15) is 10.8 Å². The van der Waals surface area contributed by atoms with E-state index in [2.05, 4.69) is 5.32 Å². The SMILES string of the molecule is Cc1ccccc1O[C@@H](C)C(=O)Nc1sc2c(c1C(N)=O)CCCC2. The van der Waals surface area contributed by atoms with Crippen LogP contribution in [0.1, 0.15) is 46.1 Å². The lowest BCUT2D eigenvalue weighted by molar-refractivity contribution is -0.122. The maximum absolute atomic E-state index is 12.5. The third-order valence-electron chi connectivity index (χ3n) is 4.42. The van der Waals surface area contributed by atoms with Gasteiger partial charge < -0.3 is 15.8 Å². The Kier molecular flexibility index (Phi) is 5.08. The Hall–Kier alpha value is -2.34. The van der Waals surface area contributed by atoms with Crippen molar-refractivity contribution in [3.63, 3.8) is 0 Å². The summed E-state index contributed by atoms with van der Waals surface area (Å²) in [6.45, 7) is 3.62. The molecule has 0 spiro atoms. The average molecular weight is 358 g/mol. The molecule has 6 heteroatoms. The number of amides is 2. The summed E-state index contributed by atoms with van der Waals surface area (Å²) in [6.07, 6.45) is 3.25. The van der Waals surface area contributed by atoms with E-state index in [-0.39, 0.29) is 5.91 Å². The van der Waals surface area contributed by atoms with Gasteiger partial charge in [-0.2, -0.15) is 0 Å². The van der Waals surface area contributed by atoms with E-state index in [0.717, 1.165) is 41.7 Å². The van der Waals surface area contributed by atoms with Crippen LogP contribution in [-0.2, 0) is 17.6 Å². The quantitative estimate of drug-likeness (QED) is 0.859.